The number of thiazole rings is 1. The molecule has 0 radical (unpaired) electrons. The van der Waals surface area contributed by atoms with Crippen molar-refractivity contribution >= 4 is 38.6 Å². The SMILES string of the molecule is COC(=O)CCc1c(C)nn(-c2ccc(C(=O)Nc3nc4ccccc4s3)cc2)c1C. The summed E-state index contributed by atoms with van der Waals surface area (Å²) in [6.07, 6.45) is 0.891. The normalized spacial score (nSPS) is 10.9. The highest BCUT2D eigenvalue weighted by molar-refractivity contribution is 7.22. The van der Waals surface area contributed by atoms with Gasteiger partial charge in [-0.05, 0) is 62.2 Å². The first kappa shape index (κ1) is 20.7. The molecule has 7 nitrogen and oxygen atoms in total. The molecule has 0 bridgehead atoms. The van der Waals surface area contributed by atoms with Crippen LogP contribution in [0.25, 0.3) is 15.9 Å². The van der Waals surface area contributed by atoms with Gasteiger partial charge in [0.15, 0.2) is 5.13 Å². The van der Waals surface area contributed by atoms with Gasteiger partial charge in [0.1, 0.15) is 0 Å². The number of aromatic nitrogens is 3. The van der Waals surface area contributed by atoms with Crippen LogP contribution < -0.4 is 5.32 Å². The number of hydrogen-bond donors (Lipinski definition) is 1. The Morgan fingerprint density at radius 1 is 1.10 bits per heavy atom. The first-order valence-electron chi connectivity index (χ1n) is 9.85. The van der Waals surface area contributed by atoms with Crippen molar-refractivity contribution in [2.45, 2.75) is 26.7 Å². The van der Waals surface area contributed by atoms with E-state index in [0.717, 1.165) is 32.9 Å². The second-order valence-electron chi connectivity index (χ2n) is 7.13. The molecule has 0 fully saturated rings. The lowest BCUT2D eigenvalue weighted by Gasteiger charge is -2.07. The number of benzene rings is 2. The molecule has 0 saturated heterocycles. The van der Waals surface area contributed by atoms with Crippen molar-refractivity contribution in [2.24, 2.45) is 0 Å². The maximum absolute atomic E-state index is 12.6. The molecule has 31 heavy (non-hydrogen) atoms. The average molecular weight is 435 g/mol. The Balaban J connectivity index is 1.50. The van der Waals surface area contributed by atoms with E-state index >= 15 is 0 Å². The standard InChI is InChI=1S/C23H22N4O3S/c1-14-18(12-13-21(28)30-3)15(2)27(26-14)17-10-8-16(9-11-17)22(29)25-23-24-19-6-4-5-7-20(19)31-23/h4-11H,12-13H2,1-3H3,(H,24,25,29). The zero-order valence-electron chi connectivity index (χ0n) is 17.5. The number of hydrogen-bond acceptors (Lipinski definition) is 6. The lowest BCUT2D eigenvalue weighted by atomic mass is 10.1. The molecular weight excluding hydrogens is 412 g/mol. The van der Waals surface area contributed by atoms with Crippen LogP contribution in [-0.2, 0) is 16.0 Å². The lowest BCUT2D eigenvalue weighted by Crippen LogP contribution is -2.11. The highest BCUT2D eigenvalue weighted by Crippen LogP contribution is 2.26. The molecule has 1 N–H and O–H groups in total. The Kier molecular flexibility index (Phi) is 5.81. The van der Waals surface area contributed by atoms with Crippen LogP contribution in [0.15, 0.2) is 48.5 Å². The van der Waals surface area contributed by atoms with Crippen LogP contribution in [-0.4, -0.2) is 33.8 Å². The summed E-state index contributed by atoms with van der Waals surface area (Å²) >= 11 is 1.44. The summed E-state index contributed by atoms with van der Waals surface area (Å²) in [5, 5.41) is 8.05. The Hall–Kier alpha value is -3.52. The number of methoxy groups -OCH3 is 1. The maximum Gasteiger partial charge on any atom is 0.305 e. The number of nitrogens with one attached hydrogen (secondary N) is 1. The van der Waals surface area contributed by atoms with E-state index in [1.54, 1.807) is 12.1 Å². The number of fused-ring (bicyclic) bond motifs is 1. The first-order chi connectivity index (χ1) is 15.0. The largest absolute Gasteiger partial charge is 0.469 e. The van der Waals surface area contributed by atoms with Gasteiger partial charge in [-0.1, -0.05) is 23.5 Å². The zero-order valence-corrected chi connectivity index (χ0v) is 18.3. The van der Waals surface area contributed by atoms with Crippen molar-refractivity contribution in [3.63, 3.8) is 0 Å². The third-order valence-corrected chi connectivity index (χ3v) is 6.09. The maximum atomic E-state index is 12.6. The molecule has 158 valence electrons. The number of ether oxygens (including phenoxy) is 1. The van der Waals surface area contributed by atoms with Gasteiger partial charge < -0.3 is 4.74 Å². The second kappa shape index (κ2) is 8.69. The number of para-hydroxylation sites is 1. The first-order valence-corrected chi connectivity index (χ1v) is 10.7. The summed E-state index contributed by atoms with van der Waals surface area (Å²) in [5.41, 5.74) is 5.12. The molecule has 8 heteroatoms. The summed E-state index contributed by atoms with van der Waals surface area (Å²) in [7, 11) is 1.39. The van der Waals surface area contributed by atoms with Gasteiger partial charge in [0.2, 0.25) is 0 Å². The van der Waals surface area contributed by atoms with E-state index in [0.29, 0.717) is 23.5 Å². The summed E-state index contributed by atoms with van der Waals surface area (Å²) in [4.78, 5) is 28.6. The van der Waals surface area contributed by atoms with Crippen LogP contribution in [0, 0.1) is 13.8 Å². The van der Waals surface area contributed by atoms with E-state index in [-0.39, 0.29) is 11.9 Å². The van der Waals surface area contributed by atoms with Crippen molar-refractivity contribution in [1.82, 2.24) is 14.8 Å². The molecule has 0 aliphatic rings. The van der Waals surface area contributed by atoms with Crippen LogP contribution in [0.3, 0.4) is 0 Å². The molecule has 0 unspecified atom stereocenters. The molecule has 0 spiro atoms. The fourth-order valence-electron chi connectivity index (χ4n) is 3.47. The molecule has 4 rings (SSSR count). The predicted octanol–water partition coefficient (Wildman–Crippen LogP) is 4.46. The van der Waals surface area contributed by atoms with Crippen molar-refractivity contribution in [3.8, 4) is 5.69 Å². The topological polar surface area (TPSA) is 86.1 Å². The minimum Gasteiger partial charge on any atom is -0.469 e. The minimum absolute atomic E-state index is 0.210. The van der Waals surface area contributed by atoms with Gasteiger partial charge in [-0.3, -0.25) is 14.9 Å². The lowest BCUT2D eigenvalue weighted by molar-refractivity contribution is -0.140. The number of rotatable bonds is 6. The molecule has 0 atom stereocenters. The number of esters is 1. The van der Waals surface area contributed by atoms with Crippen molar-refractivity contribution < 1.29 is 14.3 Å². The van der Waals surface area contributed by atoms with Crippen LogP contribution in [0.5, 0.6) is 0 Å². The zero-order chi connectivity index (χ0) is 22.0. The Morgan fingerprint density at radius 2 is 1.84 bits per heavy atom. The number of carbonyl (C=O) groups is 2. The highest BCUT2D eigenvalue weighted by Gasteiger charge is 2.15. The molecular formula is C23H22N4O3S. The molecule has 2 aromatic heterocycles. The molecule has 1 amide bonds. The second-order valence-corrected chi connectivity index (χ2v) is 8.16. The number of aryl methyl sites for hydroxylation is 1. The highest BCUT2D eigenvalue weighted by atomic mass is 32.1. The van der Waals surface area contributed by atoms with E-state index in [9.17, 15) is 9.59 Å². The Bertz CT molecular complexity index is 1220. The van der Waals surface area contributed by atoms with Gasteiger partial charge in [-0.2, -0.15) is 5.10 Å². The van der Waals surface area contributed by atoms with Gasteiger partial charge in [-0.25, -0.2) is 9.67 Å². The van der Waals surface area contributed by atoms with E-state index in [1.165, 1.54) is 18.4 Å². The molecule has 0 saturated carbocycles. The van der Waals surface area contributed by atoms with Crippen LogP contribution in [0.2, 0.25) is 0 Å². The third-order valence-electron chi connectivity index (χ3n) is 5.14. The summed E-state index contributed by atoms with van der Waals surface area (Å²) in [6.45, 7) is 3.90. The van der Waals surface area contributed by atoms with Gasteiger partial charge in [0.25, 0.3) is 5.91 Å². The van der Waals surface area contributed by atoms with Gasteiger partial charge in [0.05, 0.1) is 28.7 Å². The van der Waals surface area contributed by atoms with E-state index in [2.05, 4.69) is 15.4 Å². The number of carbonyl (C=O) groups excluding carboxylic acids is 2. The molecule has 0 aliphatic carbocycles. The van der Waals surface area contributed by atoms with Gasteiger partial charge in [-0.15, -0.1) is 0 Å². The van der Waals surface area contributed by atoms with Crippen LogP contribution in [0.4, 0.5) is 5.13 Å². The van der Waals surface area contributed by atoms with Gasteiger partial charge >= 0.3 is 5.97 Å². The summed E-state index contributed by atoms with van der Waals surface area (Å²) < 4.78 is 7.59. The quantitative estimate of drug-likeness (QED) is 0.453. The number of anilines is 1. The minimum atomic E-state index is -0.241. The Labute approximate surface area is 183 Å². The molecule has 0 aliphatic heterocycles. The molecule has 4 aromatic rings. The van der Waals surface area contributed by atoms with Crippen molar-refractivity contribution in [2.75, 3.05) is 12.4 Å². The monoisotopic (exact) mass is 434 g/mol. The summed E-state index contributed by atoms with van der Waals surface area (Å²) in [6, 6.07) is 15.0. The predicted molar refractivity (Wildman–Crippen MR) is 121 cm³/mol. The fourth-order valence-corrected chi connectivity index (χ4v) is 4.33. The number of amides is 1. The molecule has 2 heterocycles. The smallest absolute Gasteiger partial charge is 0.305 e. The Morgan fingerprint density at radius 3 is 2.55 bits per heavy atom. The fraction of sp³-hybridized carbons (Fsp3) is 0.217. The van der Waals surface area contributed by atoms with E-state index in [1.807, 2.05) is 54.9 Å². The van der Waals surface area contributed by atoms with Crippen molar-refractivity contribution in [1.29, 1.82) is 0 Å². The summed E-state index contributed by atoms with van der Waals surface area (Å²) in [5.74, 6) is -0.451. The van der Waals surface area contributed by atoms with E-state index < -0.39 is 0 Å². The van der Waals surface area contributed by atoms with Crippen LogP contribution >= 0.6 is 11.3 Å². The van der Waals surface area contributed by atoms with Crippen LogP contribution in [0.1, 0.15) is 33.7 Å². The third kappa shape index (κ3) is 4.34. The van der Waals surface area contributed by atoms with Crippen molar-refractivity contribution in [3.05, 3.63) is 71.0 Å². The van der Waals surface area contributed by atoms with E-state index in [4.69, 9.17) is 4.74 Å². The molecule has 2 aromatic carbocycles. The average Bonchev–Trinajstić information content (AvgIpc) is 3.31. The number of nitrogens with zero attached hydrogens (tertiary/aromatic N) is 3. The van der Waals surface area contributed by atoms with Gasteiger partial charge in [0, 0.05) is 17.7 Å².